The van der Waals surface area contributed by atoms with Crippen LogP contribution in [0.3, 0.4) is 0 Å². The summed E-state index contributed by atoms with van der Waals surface area (Å²) in [5, 5.41) is 9.65. The zero-order valence-electron chi connectivity index (χ0n) is 20.7. The normalized spacial score (nSPS) is 10.8. The van der Waals surface area contributed by atoms with E-state index in [1.165, 1.54) is 0 Å². The smallest absolute Gasteiger partial charge is 0.335 e. The maximum absolute atomic E-state index is 11.8. The zero-order valence-corrected chi connectivity index (χ0v) is 20.7. The van der Waals surface area contributed by atoms with E-state index in [9.17, 15) is 14.7 Å². The van der Waals surface area contributed by atoms with Gasteiger partial charge in [0.05, 0.1) is 5.56 Å². The van der Waals surface area contributed by atoms with E-state index in [0.29, 0.717) is 5.56 Å². The van der Waals surface area contributed by atoms with Gasteiger partial charge in [0.15, 0.2) is 0 Å². The molecule has 5 aromatic rings. The predicted molar refractivity (Wildman–Crippen MR) is 150 cm³/mol. The van der Waals surface area contributed by atoms with E-state index >= 15 is 0 Å². The Kier molecular flexibility index (Phi) is 6.53. The number of carboxylic acids is 1. The minimum Gasteiger partial charge on any atom is -0.478 e. The van der Waals surface area contributed by atoms with Gasteiger partial charge in [-0.05, 0) is 88.7 Å². The second kappa shape index (κ2) is 10.1. The number of aldehydes is 1. The van der Waals surface area contributed by atoms with Crippen molar-refractivity contribution in [3.8, 4) is 44.5 Å². The van der Waals surface area contributed by atoms with E-state index in [-0.39, 0.29) is 5.56 Å². The summed E-state index contributed by atoms with van der Waals surface area (Å²) in [5.74, 6) is -0.964. The van der Waals surface area contributed by atoms with Crippen LogP contribution in [0.2, 0.25) is 0 Å². The largest absolute Gasteiger partial charge is 0.478 e. The molecule has 180 valence electrons. The van der Waals surface area contributed by atoms with Crippen molar-refractivity contribution in [1.82, 2.24) is 0 Å². The Bertz CT molecular complexity index is 1650. The van der Waals surface area contributed by atoms with Gasteiger partial charge in [-0.3, -0.25) is 4.79 Å². The third-order valence-electron chi connectivity index (χ3n) is 6.57. The Hall–Kier alpha value is -4.76. The van der Waals surface area contributed by atoms with Gasteiger partial charge in [0.25, 0.3) is 0 Å². The summed E-state index contributed by atoms with van der Waals surface area (Å²) >= 11 is 0. The number of aryl methyl sites for hydroxylation is 2. The molecule has 0 aliphatic carbocycles. The van der Waals surface area contributed by atoms with E-state index in [1.807, 2.05) is 36.4 Å². The summed E-state index contributed by atoms with van der Waals surface area (Å²) in [5.41, 5.74) is 11.0. The average molecular weight is 483 g/mol. The van der Waals surface area contributed by atoms with Crippen molar-refractivity contribution in [2.45, 2.75) is 13.8 Å². The molecule has 0 saturated heterocycles. The fourth-order valence-corrected chi connectivity index (χ4v) is 4.78. The molecule has 0 radical (unpaired) electrons. The van der Waals surface area contributed by atoms with E-state index in [1.54, 1.807) is 24.3 Å². The highest BCUT2D eigenvalue weighted by molar-refractivity contribution is 5.97. The minimum atomic E-state index is -0.964. The van der Waals surface area contributed by atoms with Crippen LogP contribution in [0.25, 0.3) is 44.5 Å². The number of rotatable bonds is 6. The average Bonchev–Trinajstić information content (AvgIpc) is 2.92. The molecular weight excluding hydrogens is 456 g/mol. The van der Waals surface area contributed by atoms with E-state index in [4.69, 9.17) is 0 Å². The molecule has 0 bridgehead atoms. The molecule has 0 aliphatic heterocycles. The summed E-state index contributed by atoms with van der Waals surface area (Å²) in [6.07, 6.45) is 0.855. The molecule has 5 rings (SSSR count). The molecule has 0 heterocycles. The molecule has 0 atom stereocenters. The first kappa shape index (κ1) is 24.0. The van der Waals surface area contributed by atoms with Crippen LogP contribution in [0.5, 0.6) is 0 Å². The molecule has 0 aromatic heterocycles. The van der Waals surface area contributed by atoms with Gasteiger partial charge in [-0.25, -0.2) is 4.79 Å². The van der Waals surface area contributed by atoms with E-state index in [2.05, 4.69) is 62.4 Å². The van der Waals surface area contributed by atoms with Crippen molar-refractivity contribution in [1.29, 1.82) is 0 Å². The highest BCUT2D eigenvalue weighted by Crippen LogP contribution is 2.42. The first-order chi connectivity index (χ1) is 17.9. The van der Waals surface area contributed by atoms with Crippen LogP contribution in [-0.2, 0) is 0 Å². The van der Waals surface area contributed by atoms with Crippen LogP contribution in [-0.4, -0.2) is 17.4 Å². The van der Waals surface area contributed by atoms with Gasteiger partial charge in [0, 0.05) is 5.56 Å². The minimum absolute atomic E-state index is 0.236. The Morgan fingerprint density at radius 3 is 1.46 bits per heavy atom. The number of hydrogen-bond donors (Lipinski definition) is 1. The van der Waals surface area contributed by atoms with Crippen molar-refractivity contribution in [2.75, 3.05) is 0 Å². The van der Waals surface area contributed by atoms with Crippen LogP contribution in [0, 0.1) is 13.8 Å². The third-order valence-corrected chi connectivity index (χ3v) is 6.57. The van der Waals surface area contributed by atoms with Crippen molar-refractivity contribution >= 4 is 12.3 Å². The van der Waals surface area contributed by atoms with Crippen LogP contribution in [0.4, 0.5) is 0 Å². The monoisotopic (exact) mass is 482 g/mol. The summed E-state index contributed by atoms with van der Waals surface area (Å²) in [6.45, 7) is 4.14. The molecule has 37 heavy (non-hydrogen) atoms. The molecule has 0 spiro atoms. The van der Waals surface area contributed by atoms with Gasteiger partial charge < -0.3 is 5.11 Å². The van der Waals surface area contributed by atoms with Crippen molar-refractivity contribution < 1.29 is 14.7 Å². The second-order valence-corrected chi connectivity index (χ2v) is 9.31. The van der Waals surface area contributed by atoms with Gasteiger partial charge in [0.2, 0.25) is 0 Å². The van der Waals surface area contributed by atoms with Crippen LogP contribution < -0.4 is 0 Å². The number of hydrogen-bond acceptors (Lipinski definition) is 2. The molecule has 0 aliphatic rings. The lowest BCUT2D eigenvalue weighted by Crippen LogP contribution is -1.97. The van der Waals surface area contributed by atoms with Crippen molar-refractivity contribution in [2.24, 2.45) is 0 Å². The highest BCUT2D eigenvalue weighted by atomic mass is 16.4. The Labute approximate surface area is 216 Å². The Balaban J connectivity index is 1.88. The molecule has 0 fully saturated rings. The Morgan fingerprint density at radius 2 is 1.00 bits per heavy atom. The molecule has 5 aromatic carbocycles. The fourth-order valence-electron chi connectivity index (χ4n) is 4.78. The second-order valence-electron chi connectivity index (χ2n) is 9.31. The summed E-state index contributed by atoms with van der Waals surface area (Å²) in [6, 6.07) is 35.6. The molecule has 0 amide bonds. The predicted octanol–water partition coefficient (Wildman–Crippen LogP) is 8.48. The number of carbonyl (C=O) groups is 2. The van der Waals surface area contributed by atoms with Crippen LogP contribution >= 0.6 is 0 Å². The first-order valence-electron chi connectivity index (χ1n) is 12.1. The lowest BCUT2D eigenvalue weighted by molar-refractivity contribution is 0.0696. The highest BCUT2D eigenvalue weighted by Gasteiger charge is 2.17. The summed E-state index contributed by atoms with van der Waals surface area (Å²) in [7, 11) is 0. The number of carbonyl (C=O) groups excluding carboxylic acids is 1. The van der Waals surface area contributed by atoms with Gasteiger partial charge >= 0.3 is 5.97 Å². The number of benzene rings is 5. The van der Waals surface area contributed by atoms with Gasteiger partial charge in [0.1, 0.15) is 6.29 Å². The molecule has 0 unspecified atom stereocenters. The van der Waals surface area contributed by atoms with E-state index in [0.717, 1.165) is 61.9 Å². The summed E-state index contributed by atoms with van der Waals surface area (Å²) in [4.78, 5) is 23.4. The maximum Gasteiger partial charge on any atom is 0.335 e. The van der Waals surface area contributed by atoms with E-state index < -0.39 is 5.97 Å². The molecule has 3 nitrogen and oxygen atoms in total. The lowest BCUT2D eigenvalue weighted by atomic mass is 9.84. The van der Waals surface area contributed by atoms with Gasteiger partial charge in [-0.15, -0.1) is 0 Å². The molecular formula is C34H26O3. The van der Waals surface area contributed by atoms with Crippen LogP contribution in [0.15, 0.2) is 109 Å². The number of carboxylic acid groups (broad SMARTS) is 1. The lowest BCUT2D eigenvalue weighted by Gasteiger charge is -2.19. The maximum atomic E-state index is 11.8. The topological polar surface area (TPSA) is 54.4 Å². The Morgan fingerprint density at radius 1 is 0.568 bits per heavy atom. The standard InChI is InChI=1S/C34H26O3/c1-22-7-3-10-25(15-22)30-19-31(26-11-4-8-23(2)16-26)33(28-13-6-14-29(18-28)34(36)37)20-32(30)27-12-5-9-24(17-27)21-35/h3-21H,1-2H3,(H,36,37). The molecule has 3 heteroatoms. The first-order valence-corrected chi connectivity index (χ1v) is 12.1. The van der Waals surface area contributed by atoms with Crippen LogP contribution in [0.1, 0.15) is 31.8 Å². The van der Waals surface area contributed by atoms with Gasteiger partial charge in [-0.2, -0.15) is 0 Å². The fraction of sp³-hybridized carbons (Fsp3) is 0.0588. The zero-order chi connectivity index (χ0) is 25.9. The van der Waals surface area contributed by atoms with Gasteiger partial charge in [-0.1, -0.05) is 90.0 Å². The van der Waals surface area contributed by atoms with Crippen molar-refractivity contribution in [3.05, 3.63) is 131 Å². The molecule has 0 saturated carbocycles. The van der Waals surface area contributed by atoms with Crippen molar-refractivity contribution in [3.63, 3.8) is 0 Å². The SMILES string of the molecule is Cc1cccc(-c2cc(-c3cccc(C)c3)c(-c3cccc(C(=O)O)c3)cc2-c2cccc(C=O)c2)c1. The summed E-state index contributed by atoms with van der Waals surface area (Å²) < 4.78 is 0. The quantitative estimate of drug-likeness (QED) is 0.247. The molecule has 1 N–H and O–H groups in total. The number of aromatic carboxylic acids is 1. The third kappa shape index (κ3) is 4.98.